The molecular formula is C8H18N2O2. The molecule has 4 nitrogen and oxygen atoms in total. The van der Waals surface area contributed by atoms with Gasteiger partial charge in [-0.05, 0) is 0 Å². The monoisotopic (exact) mass is 174 g/mol. The predicted molar refractivity (Wildman–Crippen MR) is 47.8 cm³/mol. The van der Waals surface area contributed by atoms with E-state index in [9.17, 15) is 4.79 Å². The summed E-state index contributed by atoms with van der Waals surface area (Å²) < 4.78 is 5.09. The molecule has 0 atom stereocenters. The Labute approximate surface area is 73.7 Å². The molecule has 1 amide bonds. The van der Waals surface area contributed by atoms with E-state index in [1.807, 2.05) is 18.7 Å². The highest BCUT2D eigenvalue weighted by molar-refractivity contribution is 5.75. The van der Waals surface area contributed by atoms with Crippen LogP contribution in [0.4, 0.5) is 0 Å². The topological polar surface area (TPSA) is 55.6 Å². The number of nitrogens with zero attached hydrogens (tertiary/aromatic N) is 1. The third-order valence-electron chi connectivity index (χ3n) is 1.48. The Morgan fingerprint density at radius 2 is 1.92 bits per heavy atom. The maximum Gasteiger partial charge on any atom is 0.231 e. The average molecular weight is 174 g/mol. The van der Waals surface area contributed by atoms with Crippen molar-refractivity contribution in [1.82, 2.24) is 4.90 Å². The molecular weight excluding hydrogens is 156 g/mol. The largest absolute Gasteiger partial charge is 0.379 e. The fourth-order valence-corrected chi connectivity index (χ4v) is 0.980. The van der Waals surface area contributed by atoms with Crippen LogP contribution >= 0.6 is 0 Å². The number of carbonyl (C=O) groups excluding carboxylic acids is 1. The highest BCUT2D eigenvalue weighted by Gasteiger charge is 2.11. The van der Waals surface area contributed by atoms with Gasteiger partial charge in [0, 0.05) is 13.1 Å². The zero-order valence-electron chi connectivity index (χ0n) is 7.88. The van der Waals surface area contributed by atoms with Crippen molar-refractivity contribution in [1.29, 1.82) is 0 Å². The van der Waals surface area contributed by atoms with Crippen LogP contribution in [0.25, 0.3) is 0 Å². The van der Waals surface area contributed by atoms with Crippen molar-refractivity contribution in [3.63, 3.8) is 0 Å². The zero-order chi connectivity index (χ0) is 9.40. The Kier molecular flexibility index (Phi) is 6.70. The minimum absolute atomic E-state index is 0.262. The fourth-order valence-electron chi connectivity index (χ4n) is 0.980. The first-order chi connectivity index (χ1) is 5.79. The number of hydrogen-bond acceptors (Lipinski definition) is 3. The van der Waals surface area contributed by atoms with Crippen LogP contribution in [0.5, 0.6) is 0 Å². The van der Waals surface area contributed by atoms with E-state index in [4.69, 9.17) is 10.5 Å². The second-order valence-corrected chi connectivity index (χ2v) is 2.35. The van der Waals surface area contributed by atoms with Gasteiger partial charge in [-0.2, -0.15) is 0 Å². The number of ether oxygens (including phenoxy) is 1. The molecule has 0 radical (unpaired) electrons. The first kappa shape index (κ1) is 11.4. The second kappa shape index (κ2) is 7.06. The molecule has 0 saturated carbocycles. The standard InChI is InChI=1S/C6H12N2O2.C2H6/c7-6(9)5-8-1-3-10-4-2-8;1-2/h1-5H2,(H2,7,9);1-2H3. The Morgan fingerprint density at radius 3 is 2.33 bits per heavy atom. The smallest absolute Gasteiger partial charge is 0.231 e. The van der Waals surface area contributed by atoms with Crippen molar-refractivity contribution in [2.75, 3.05) is 32.8 Å². The number of nitrogens with two attached hydrogens (primary N) is 1. The van der Waals surface area contributed by atoms with Crippen LogP contribution in [0.2, 0.25) is 0 Å². The molecule has 1 heterocycles. The molecule has 0 spiro atoms. The first-order valence-electron chi connectivity index (χ1n) is 4.37. The normalized spacial score (nSPS) is 17.8. The van der Waals surface area contributed by atoms with Crippen molar-refractivity contribution in [2.24, 2.45) is 5.73 Å². The van der Waals surface area contributed by atoms with E-state index in [-0.39, 0.29) is 5.91 Å². The molecule has 0 aromatic carbocycles. The molecule has 4 heteroatoms. The highest BCUT2D eigenvalue weighted by Crippen LogP contribution is 1.94. The van der Waals surface area contributed by atoms with Gasteiger partial charge in [0.05, 0.1) is 19.8 Å². The molecule has 0 aromatic heterocycles. The lowest BCUT2D eigenvalue weighted by Crippen LogP contribution is -2.41. The second-order valence-electron chi connectivity index (χ2n) is 2.35. The van der Waals surface area contributed by atoms with Gasteiger partial charge in [-0.3, -0.25) is 9.69 Å². The van der Waals surface area contributed by atoms with Crippen molar-refractivity contribution >= 4 is 5.91 Å². The van der Waals surface area contributed by atoms with Crippen LogP contribution in [0.1, 0.15) is 13.8 Å². The summed E-state index contributed by atoms with van der Waals surface area (Å²) in [6.07, 6.45) is 0. The summed E-state index contributed by atoms with van der Waals surface area (Å²) in [5.74, 6) is -0.262. The summed E-state index contributed by atoms with van der Waals surface area (Å²) >= 11 is 0. The van der Waals surface area contributed by atoms with Gasteiger partial charge in [0.2, 0.25) is 5.91 Å². The van der Waals surface area contributed by atoms with E-state index in [1.165, 1.54) is 0 Å². The summed E-state index contributed by atoms with van der Waals surface area (Å²) in [4.78, 5) is 12.4. The van der Waals surface area contributed by atoms with E-state index < -0.39 is 0 Å². The number of hydrogen-bond donors (Lipinski definition) is 1. The number of carbonyl (C=O) groups is 1. The molecule has 0 unspecified atom stereocenters. The number of amides is 1. The van der Waals surface area contributed by atoms with Crippen LogP contribution in [0, 0.1) is 0 Å². The molecule has 0 aliphatic carbocycles. The Balaban J connectivity index is 0.000000561. The Bertz CT molecular complexity index is 122. The van der Waals surface area contributed by atoms with E-state index in [0.29, 0.717) is 19.8 Å². The van der Waals surface area contributed by atoms with Crippen LogP contribution < -0.4 is 5.73 Å². The summed E-state index contributed by atoms with van der Waals surface area (Å²) in [6, 6.07) is 0. The maximum atomic E-state index is 10.4. The lowest BCUT2D eigenvalue weighted by atomic mass is 10.4. The zero-order valence-corrected chi connectivity index (χ0v) is 7.88. The molecule has 12 heavy (non-hydrogen) atoms. The van der Waals surface area contributed by atoms with Crippen molar-refractivity contribution < 1.29 is 9.53 Å². The molecule has 1 fully saturated rings. The molecule has 0 bridgehead atoms. The molecule has 1 rings (SSSR count). The molecule has 1 saturated heterocycles. The molecule has 72 valence electrons. The molecule has 1 aliphatic heterocycles. The average Bonchev–Trinajstić information content (AvgIpc) is 2.08. The quantitative estimate of drug-likeness (QED) is 0.632. The van der Waals surface area contributed by atoms with Gasteiger partial charge in [-0.15, -0.1) is 0 Å². The van der Waals surface area contributed by atoms with E-state index in [1.54, 1.807) is 0 Å². The number of primary amides is 1. The van der Waals surface area contributed by atoms with Crippen molar-refractivity contribution in [3.8, 4) is 0 Å². The first-order valence-corrected chi connectivity index (χ1v) is 4.37. The summed E-state index contributed by atoms with van der Waals surface area (Å²) in [6.45, 7) is 7.44. The minimum atomic E-state index is -0.262. The summed E-state index contributed by atoms with van der Waals surface area (Å²) in [5, 5.41) is 0. The highest BCUT2D eigenvalue weighted by atomic mass is 16.5. The third-order valence-corrected chi connectivity index (χ3v) is 1.48. The summed E-state index contributed by atoms with van der Waals surface area (Å²) in [7, 11) is 0. The fraction of sp³-hybridized carbons (Fsp3) is 0.875. The van der Waals surface area contributed by atoms with Gasteiger partial charge >= 0.3 is 0 Å². The summed E-state index contributed by atoms with van der Waals surface area (Å²) in [5.41, 5.74) is 5.00. The molecule has 0 aromatic rings. The van der Waals surface area contributed by atoms with Gasteiger partial charge in [0.1, 0.15) is 0 Å². The van der Waals surface area contributed by atoms with Crippen LogP contribution in [0.3, 0.4) is 0 Å². The van der Waals surface area contributed by atoms with Gasteiger partial charge in [-0.1, -0.05) is 13.8 Å². The van der Waals surface area contributed by atoms with E-state index >= 15 is 0 Å². The maximum absolute atomic E-state index is 10.4. The Hall–Kier alpha value is -0.610. The minimum Gasteiger partial charge on any atom is -0.379 e. The van der Waals surface area contributed by atoms with E-state index in [0.717, 1.165) is 13.1 Å². The van der Waals surface area contributed by atoms with Gasteiger partial charge in [-0.25, -0.2) is 0 Å². The van der Waals surface area contributed by atoms with Crippen molar-refractivity contribution in [2.45, 2.75) is 13.8 Å². The molecule has 1 aliphatic rings. The van der Waals surface area contributed by atoms with E-state index in [2.05, 4.69) is 0 Å². The number of rotatable bonds is 2. The lowest BCUT2D eigenvalue weighted by molar-refractivity contribution is -0.120. The van der Waals surface area contributed by atoms with Crippen LogP contribution in [0.15, 0.2) is 0 Å². The SMILES string of the molecule is CC.NC(=O)CN1CCOCC1. The third kappa shape index (κ3) is 5.09. The Morgan fingerprint density at radius 1 is 1.42 bits per heavy atom. The number of morpholine rings is 1. The van der Waals surface area contributed by atoms with Gasteiger partial charge in [0.25, 0.3) is 0 Å². The van der Waals surface area contributed by atoms with Crippen LogP contribution in [-0.2, 0) is 9.53 Å². The van der Waals surface area contributed by atoms with Crippen LogP contribution in [-0.4, -0.2) is 43.7 Å². The van der Waals surface area contributed by atoms with Gasteiger partial charge < -0.3 is 10.5 Å². The van der Waals surface area contributed by atoms with Crippen molar-refractivity contribution in [3.05, 3.63) is 0 Å². The van der Waals surface area contributed by atoms with Gasteiger partial charge in [0.15, 0.2) is 0 Å². The lowest BCUT2D eigenvalue weighted by Gasteiger charge is -2.24. The predicted octanol–water partition coefficient (Wildman–Crippen LogP) is -0.170. The molecule has 2 N–H and O–H groups in total.